The van der Waals surface area contributed by atoms with Crippen LogP contribution in [0.25, 0.3) is 0 Å². The number of aromatic nitrogens is 2. The Morgan fingerprint density at radius 1 is 1.48 bits per heavy atom. The largest absolute Gasteiger partial charge is 0.381 e. The second-order valence-corrected chi connectivity index (χ2v) is 5.87. The van der Waals surface area contributed by atoms with Gasteiger partial charge in [0.25, 0.3) is 0 Å². The highest BCUT2D eigenvalue weighted by Gasteiger charge is 2.46. The normalized spacial score (nSPS) is 24.2. The van der Waals surface area contributed by atoms with Crippen LogP contribution in [0.1, 0.15) is 19.3 Å². The Kier molecular flexibility index (Phi) is 4.05. The Balaban J connectivity index is 1.62. The molecule has 2 N–H and O–H groups in total. The Hall–Kier alpha value is -1.31. The molecule has 0 aromatic carbocycles. The van der Waals surface area contributed by atoms with Crippen molar-refractivity contribution in [2.24, 2.45) is 7.05 Å². The first-order valence-electron chi connectivity index (χ1n) is 7.07. The zero-order valence-corrected chi connectivity index (χ0v) is 12.7. The van der Waals surface area contributed by atoms with Crippen molar-refractivity contribution >= 4 is 23.4 Å². The number of ether oxygens (including phenoxy) is 2. The minimum absolute atomic E-state index is 0.0103. The maximum Gasteiger partial charge on any atom is 0.320 e. The van der Waals surface area contributed by atoms with Gasteiger partial charge in [-0.2, -0.15) is 5.10 Å². The highest BCUT2D eigenvalue weighted by atomic mass is 35.5. The molecule has 116 valence electrons. The number of urea groups is 1. The third-order valence-electron chi connectivity index (χ3n) is 4.09. The van der Waals surface area contributed by atoms with Gasteiger partial charge in [-0.05, 0) is 6.42 Å². The first kappa shape index (κ1) is 14.6. The smallest absolute Gasteiger partial charge is 0.320 e. The van der Waals surface area contributed by atoms with E-state index in [0.29, 0.717) is 30.7 Å². The quantitative estimate of drug-likeness (QED) is 0.868. The van der Waals surface area contributed by atoms with Crippen LogP contribution in [0.2, 0.25) is 5.02 Å². The second-order valence-electron chi connectivity index (χ2n) is 5.46. The lowest BCUT2D eigenvalue weighted by Gasteiger charge is -2.37. The third-order valence-corrected chi connectivity index (χ3v) is 4.37. The molecule has 2 saturated heterocycles. The van der Waals surface area contributed by atoms with Crippen molar-refractivity contribution in [2.75, 3.05) is 25.1 Å². The maximum atomic E-state index is 12.1. The average Bonchev–Trinajstić information content (AvgIpc) is 2.95. The predicted molar refractivity (Wildman–Crippen MR) is 77.5 cm³/mol. The van der Waals surface area contributed by atoms with Crippen LogP contribution in [0, 0.1) is 0 Å². The molecule has 7 nitrogen and oxygen atoms in total. The van der Waals surface area contributed by atoms with Gasteiger partial charge in [-0.1, -0.05) is 11.6 Å². The Morgan fingerprint density at radius 2 is 2.24 bits per heavy atom. The Bertz CT molecular complexity index is 527. The third kappa shape index (κ3) is 3.00. The van der Waals surface area contributed by atoms with Crippen molar-refractivity contribution in [2.45, 2.75) is 30.9 Å². The molecule has 0 bridgehead atoms. The lowest BCUT2D eigenvalue weighted by Crippen LogP contribution is -2.53. The summed E-state index contributed by atoms with van der Waals surface area (Å²) in [6, 6.07) is -0.319. The molecule has 0 aliphatic carbocycles. The summed E-state index contributed by atoms with van der Waals surface area (Å²) >= 11 is 5.98. The molecule has 2 amide bonds. The van der Waals surface area contributed by atoms with Gasteiger partial charge in [0, 0.05) is 45.9 Å². The summed E-state index contributed by atoms with van der Waals surface area (Å²) < 4.78 is 12.8. The van der Waals surface area contributed by atoms with Crippen molar-refractivity contribution in [3.63, 3.8) is 0 Å². The van der Waals surface area contributed by atoms with Crippen molar-refractivity contribution < 1.29 is 14.3 Å². The van der Waals surface area contributed by atoms with Crippen LogP contribution in [0.15, 0.2) is 6.20 Å². The number of nitrogens with zero attached hydrogens (tertiary/aromatic N) is 2. The summed E-state index contributed by atoms with van der Waals surface area (Å²) in [5.74, 6) is 0.358. The molecule has 0 saturated carbocycles. The monoisotopic (exact) mass is 314 g/mol. The van der Waals surface area contributed by atoms with E-state index >= 15 is 0 Å². The first-order valence-corrected chi connectivity index (χ1v) is 7.45. The molecule has 1 unspecified atom stereocenters. The van der Waals surface area contributed by atoms with Crippen LogP contribution >= 0.6 is 11.6 Å². The zero-order chi connectivity index (χ0) is 14.9. The summed E-state index contributed by atoms with van der Waals surface area (Å²) in [6.45, 7) is 2.01. The lowest BCUT2D eigenvalue weighted by atomic mass is 9.86. The topological polar surface area (TPSA) is 77.4 Å². The van der Waals surface area contributed by atoms with Gasteiger partial charge in [0.2, 0.25) is 0 Å². The SMILES string of the molecule is Cn1cc(Cl)c(NC(=O)NC2CCOC23CCOCC3)n1. The number of halogens is 1. The predicted octanol–water partition coefficient (Wildman–Crippen LogP) is 1.53. The summed E-state index contributed by atoms with van der Waals surface area (Å²) in [4.78, 5) is 12.1. The molecule has 2 aliphatic rings. The van der Waals surface area contributed by atoms with Gasteiger partial charge in [-0.15, -0.1) is 0 Å². The molecule has 1 spiro atoms. The first-order chi connectivity index (χ1) is 10.1. The molecule has 3 rings (SSSR count). The number of carbonyl (C=O) groups excluding carboxylic acids is 1. The molecule has 1 aromatic rings. The second kappa shape index (κ2) is 5.82. The fourth-order valence-corrected chi connectivity index (χ4v) is 3.23. The van der Waals surface area contributed by atoms with E-state index in [1.807, 2.05) is 0 Å². The number of aryl methyl sites for hydroxylation is 1. The number of carbonyl (C=O) groups is 1. The molecule has 21 heavy (non-hydrogen) atoms. The molecular weight excluding hydrogens is 296 g/mol. The lowest BCUT2D eigenvalue weighted by molar-refractivity contribution is -0.0867. The number of rotatable bonds is 2. The van der Waals surface area contributed by atoms with Crippen molar-refractivity contribution in [3.8, 4) is 0 Å². The van der Waals surface area contributed by atoms with Crippen LogP contribution in [0.3, 0.4) is 0 Å². The van der Waals surface area contributed by atoms with E-state index in [0.717, 1.165) is 19.3 Å². The molecular formula is C13H19ClN4O3. The van der Waals surface area contributed by atoms with E-state index in [9.17, 15) is 4.79 Å². The van der Waals surface area contributed by atoms with E-state index in [4.69, 9.17) is 21.1 Å². The van der Waals surface area contributed by atoms with Crippen LogP contribution < -0.4 is 10.6 Å². The van der Waals surface area contributed by atoms with Gasteiger partial charge in [-0.3, -0.25) is 10.00 Å². The van der Waals surface area contributed by atoms with Crippen molar-refractivity contribution in [1.82, 2.24) is 15.1 Å². The minimum atomic E-state index is -0.308. The Labute approximate surface area is 127 Å². The van der Waals surface area contributed by atoms with Crippen LogP contribution in [-0.2, 0) is 16.5 Å². The molecule has 3 heterocycles. The van der Waals surface area contributed by atoms with E-state index in [2.05, 4.69) is 15.7 Å². The van der Waals surface area contributed by atoms with Gasteiger partial charge < -0.3 is 14.8 Å². The number of nitrogens with one attached hydrogen (secondary N) is 2. The highest BCUT2D eigenvalue weighted by molar-refractivity contribution is 6.33. The molecule has 1 atom stereocenters. The number of hydrogen-bond acceptors (Lipinski definition) is 4. The standard InChI is InChI=1S/C13H19ClN4O3/c1-18-8-9(14)11(17-18)16-12(19)15-10-2-5-21-13(10)3-6-20-7-4-13/h8,10H,2-7H2,1H3,(H2,15,16,17,19). The number of amides is 2. The molecule has 1 aromatic heterocycles. The average molecular weight is 315 g/mol. The van der Waals surface area contributed by atoms with Crippen LogP contribution in [0.5, 0.6) is 0 Å². The van der Waals surface area contributed by atoms with Crippen molar-refractivity contribution in [3.05, 3.63) is 11.2 Å². The summed E-state index contributed by atoms with van der Waals surface area (Å²) in [7, 11) is 1.75. The van der Waals surface area contributed by atoms with Gasteiger partial charge in [0.1, 0.15) is 5.02 Å². The van der Waals surface area contributed by atoms with Crippen molar-refractivity contribution in [1.29, 1.82) is 0 Å². The zero-order valence-electron chi connectivity index (χ0n) is 11.9. The van der Waals surface area contributed by atoms with E-state index < -0.39 is 0 Å². The minimum Gasteiger partial charge on any atom is -0.381 e. The van der Waals surface area contributed by atoms with E-state index in [1.165, 1.54) is 0 Å². The molecule has 0 radical (unpaired) electrons. The van der Waals surface area contributed by atoms with E-state index in [-0.39, 0.29) is 17.7 Å². The van der Waals surface area contributed by atoms with Crippen LogP contribution in [0.4, 0.5) is 10.6 Å². The van der Waals surface area contributed by atoms with Gasteiger partial charge >= 0.3 is 6.03 Å². The molecule has 8 heteroatoms. The summed E-state index contributed by atoms with van der Waals surface area (Å²) in [5.41, 5.74) is -0.288. The number of anilines is 1. The fraction of sp³-hybridized carbons (Fsp3) is 0.692. The van der Waals surface area contributed by atoms with Gasteiger partial charge in [0.15, 0.2) is 5.82 Å². The highest BCUT2D eigenvalue weighted by Crippen LogP contribution is 2.35. The van der Waals surface area contributed by atoms with E-state index in [1.54, 1.807) is 17.9 Å². The van der Waals surface area contributed by atoms with Crippen LogP contribution in [-0.4, -0.2) is 47.3 Å². The summed E-state index contributed by atoms with van der Waals surface area (Å²) in [6.07, 6.45) is 4.06. The fourth-order valence-electron chi connectivity index (χ4n) is 3.00. The Morgan fingerprint density at radius 3 is 2.90 bits per heavy atom. The summed E-state index contributed by atoms with van der Waals surface area (Å²) in [5, 5.41) is 10.2. The number of hydrogen-bond donors (Lipinski definition) is 2. The maximum absolute atomic E-state index is 12.1. The molecule has 2 fully saturated rings. The van der Waals surface area contributed by atoms with Gasteiger partial charge in [0.05, 0.1) is 11.6 Å². The van der Waals surface area contributed by atoms with Gasteiger partial charge in [-0.25, -0.2) is 4.79 Å². The molecule has 2 aliphatic heterocycles.